The highest BCUT2D eigenvalue weighted by Gasteiger charge is 2.48. The van der Waals surface area contributed by atoms with Gasteiger partial charge in [0.2, 0.25) is 0 Å². The SMILES string of the molecule is CCCC(=O)OC1COC(C(C)C)C(OC(=O)CCC)C1OC(=O)CCC. The van der Waals surface area contributed by atoms with Gasteiger partial charge in [0.05, 0.1) is 6.61 Å². The molecule has 0 amide bonds. The van der Waals surface area contributed by atoms with Crippen LogP contribution in [0.2, 0.25) is 0 Å². The van der Waals surface area contributed by atoms with Gasteiger partial charge in [0, 0.05) is 19.3 Å². The summed E-state index contributed by atoms with van der Waals surface area (Å²) < 4.78 is 22.6. The monoisotopic (exact) mass is 386 g/mol. The van der Waals surface area contributed by atoms with Crippen LogP contribution >= 0.6 is 0 Å². The van der Waals surface area contributed by atoms with E-state index in [0.717, 1.165) is 0 Å². The van der Waals surface area contributed by atoms with Crippen molar-refractivity contribution in [3.05, 3.63) is 0 Å². The molecule has 0 saturated carbocycles. The van der Waals surface area contributed by atoms with Gasteiger partial charge in [0.15, 0.2) is 18.3 Å². The molecule has 1 heterocycles. The van der Waals surface area contributed by atoms with Crippen molar-refractivity contribution in [1.29, 1.82) is 0 Å². The highest BCUT2D eigenvalue weighted by molar-refractivity contribution is 5.71. The molecule has 1 fully saturated rings. The quantitative estimate of drug-likeness (QED) is 0.421. The van der Waals surface area contributed by atoms with E-state index in [-0.39, 0.29) is 43.7 Å². The Morgan fingerprint density at radius 2 is 1.26 bits per heavy atom. The Morgan fingerprint density at radius 1 is 0.815 bits per heavy atom. The van der Waals surface area contributed by atoms with E-state index in [9.17, 15) is 14.4 Å². The maximum Gasteiger partial charge on any atom is 0.306 e. The molecule has 1 rings (SSSR count). The average Bonchev–Trinajstić information content (AvgIpc) is 2.58. The smallest absolute Gasteiger partial charge is 0.306 e. The first-order chi connectivity index (χ1) is 12.8. The van der Waals surface area contributed by atoms with Crippen molar-refractivity contribution in [2.75, 3.05) is 6.61 Å². The van der Waals surface area contributed by atoms with Crippen LogP contribution in [-0.4, -0.2) is 48.9 Å². The van der Waals surface area contributed by atoms with Crippen molar-refractivity contribution >= 4 is 17.9 Å². The van der Waals surface area contributed by atoms with Gasteiger partial charge in [0.25, 0.3) is 0 Å². The summed E-state index contributed by atoms with van der Waals surface area (Å²) in [5.41, 5.74) is 0. The summed E-state index contributed by atoms with van der Waals surface area (Å²) >= 11 is 0. The van der Waals surface area contributed by atoms with Crippen molar-refractivity contribution in [1.82, 2.24) is 0 Å². The molecule has 7 nitrogen and oxygen atoms in total. The van der Waals surface area contributed by atoms with Crippen LogP contribution in [0.4, 0.5) is 0 Å². The van der Waals surface area contributed by atoms with Crippen molar-refractivity contribution in [3.8, 4) is 0 Å². The molecule has 0 bridgehead atoms. The third kappa shape index (κ3) is 7.48. The van der Waals surface area contributed by atoms with E-state index in [1.54, 1.807) is 0 Å². The summed E-state index contributed by atoms with van der Waals surface area (Å²) in [6, 6.07) is 0. The molecular formula is C20H34O7. The van der Waals surface area contributed by atoms with Gasteiger partial charge in [-0.05, 0) is 25.2 Å². The molecule has 156 valence electrons. The van der Waals surface area contributed by atoms with E-state index in [0.29, 0.717) is 19.3 Å². The number of ether oxygens (including phenoxy) is 4. The third-order valence-corrected chi connectivity index (χ3v) is 4.30. The molecule has 1 aliphatic rings. The van der Waals surface area contributed by atoms with Gasteiger partial charge in [-0.3, -0.25) is 14.4 Å². The van der Waals surface area contributed by atoms with E-state index < -0.39 is 30.4 Å². The molecule has 0 radical (unpaired) electrons. The highest BCUT2D eigenvalue weighted by atomic mass is 16.6. The number of esters is 3. The van der Waals surface area contributed by atoms with Crippen LogP contribution in [0.25, 0.3) is 0 Å². The minimum Gasteiger partial charge on any atom is -0.456 e. The van der Waals surface area contributed by atoms with Gasteiger partial charge in [-0.2, -0.15) is 0 Å². The zero-order chi connectivity index (χ0) is 20.4. The van der Waals surface area contributed by atoms with Crippen LogP contribution in [0.15, 0.2) is 0 Å². The van der Waals surface area contributed by atoms with E-state index in [2.05, 4.69) is 0 Å². The molecule has 0 aromatic heterocycles. The average molecular weight is 386 g/mol. The van der Waals surface area contributed by atoms with Crippen LogP contribution in [0, 0.1) is 5.92 Å². The van der Waals surface area contributed by atoms with Crippen LogP contribution < -0.4 is 0 Å². The van der Waals surface area contributed by atoms with E-state index in [4.69, 9.17) is 18.9 Å². The molecule has 1 saturated heterocycles. The Hall–Kier alpha value is -1.63. The topological polar surface area (TPSA) is 88.1 Å². The predicted molar refractivity (Wildman–Crippen MR) is 98.9 cm³/mol. The van der Waals surface area contributed by atoms with Gasteiger partial charge >= 0.3 is 17.9 Å². The molecule has 1 aliphatic heterocycles. The number of carbonyl (C=O) groups excluding carboxylic acids is 3. The summed E-state index contributed by atoms with van der Waals surface area (Å²) in [5, 5.41) is 0. The lowest BCUT2D eigenvalue weighted by Gasteiger charge is -2.42. The standard InChI is InChI=1S/C20H34O7/c1-6-9-15(21)25-14-12-24-18(13(4)5)20(27-17(23)11-8-3)19(14)26-16(22)10-7-2/h13-14,18-20H,6-12H2,1-5H3. The van der Waals surface area contributed by atoms with Crippen LogP contribution in [0.3, 0.4) is 0 Å². The summed E-state index contributed by atoms with van der Waals surface area (Å²) in [5.74, 6) is -1.14. The van der Waals surface area contributed by atoms with Gasteiger partial charge in [-0.1, -0.05) is 34.6 Å². The summed E-state index contributed by atoms with van der Waals surface area (Å²) in [6.07, 6.45) is -0.206. The summed E-state index contributed by atoms with van der Waals surface area (Å²) in [7, 11) is 0. The van der Waals surface area contributed by atoms with Gasteiger partial charge in [-0.15, -0.1) is 0 Å². The number of hydrogen-bond donors (Lipinski definition) is 0. The lowest BCUT2D eigenvalue weighted by molar-refractivity contribution is -0.233. The largest absolute Gasteiger partial charge is 0.456 e. The zero-order valence-electron chi connectivity index (χ0n) is 17.2. The highest BCUT2D eigenvalue weighted by Crippen LogP contribution is 2.29. The van der Waals surface area contributed by atoms with Crippen molar-refractivity contribution in [2.45, 2.75) is 97.6 Å². The normalized spacial score (nSPS) is 25.1. The first-order valence-corrected chi connectivity index (χ1v) is 10.0. The van der Waals surface area contributed by atoms with Crippen molar-refractivity contribution < 1.29 is 33.3 Å². The Balaban J connectivity index is 3.07. The second-order valence-electron chi connectivity index (χ2n) is 7.23. The molecule has 4 unspecified atom stereocenters. The second-order valence-corrected chi connectivity index (χ2v) is 7.23. The molecular weight excluding hydrogens is 352 g/mol. The lowest BCUT2D eigenvalue weighted by atomic mass is 9.92. The van der Waals surface area contributed by atoms with E-state index >= 15 is 0 Å². The molecule has 4 atom stereocenters. The molecule has 0 aliphatic carbocycles. The molecule has 0 aromatic carbocycles. The molecule has 0 aromatic rings. The Bertz CT molecular complexity index is 489. The number of rotatable bonds is 10. The molecule has 0 spiro atoms. The maximum atomic E-state index is 12.2. The summed E-state index contributed by atoms with van der Waals surface area (Å²) in [4.78, 5) is 36.3. The fraction of sp³-hybridized carbons (Fsp3) is 0.850. The van der Waals surface area contributed by atoms with Crippen LogP contribution in [0.1, 0.15) is 73.1 Å². The Labute approximate surface area is 162 Å². The minimum absolute atomic E-state index is 0.0316. The Kier molecular flexibility index (Phi) is 10.4. The van der Waals surface area contributed by atoms with Gasteiger partial charge in [0.1, 0.15) is 6.10 Å². The molecule has 27 heavy (non-hydrogen) atoms. The zero-order valence-corrected chi connectivity index (χ0v) is 17.2. The number of carbonyl (C=O) groups is 3. The Morgan fingerprint density at radius 3 is 1.70 bits per heavy atom. The van der Waals surface area contributed by atoms with E-state index in [1.807, 2.05) is 34.6 Å². The van der Waals surface area contributed by atoms with Gasteiger partial charge < -0.3 is 18.9 Å². The maximum absolute atomic E-state index is 12.2. The van der Waals surface area contributed by atoms with Crippen molar-refractivity contribution in [2.24, 2.45) is 5.92 Å². The number of hydrogen-bond acceptors (Lipinski definition) is 7. The first-order valence-electron chi connectivity index (χ1n) is 10.0. The van der Waals surface area contributed by atoms with Crippen molar-refractivity contribution in [3.63, 3.8) is 0 Å². The lowest BCUT2D eigenvalue weighted by Crippen LogP contribution is -2.59. The van der Waals surface area contributed by atoms with E-state index in [1.165, 1.54) is 0 Å². The van der Waals surface area contributed by atoms with Crippen LogP contribution in [0.5, 0.6) is 0 Å². The predicted octanol–water partition coefficient (Wildman–Crippen LogP) is 3.18. The summed E-state index contributed by atoms with van der Waals surface area (Å²) in [6.45, 7) is 9.62. The van der Waals surface area contributed by atoms with Crippen LogP contribution in [-0.2, 0) is 33.3 Å². The molecule has 7 heteroatoms. The minimum atomic E-state index is -0.869. The second kappa shape index (κ2) is 12.0. The fourth-order valence-electron chi connectivity index (χ4n) is 3.01. The fourth-order valence-corrected chi connectivity index (χ4v) is 3.01. The van der Waals surface area contributed by atoms with Gasteiger partial charge in [-0.25, -0.2) is 0 Å². The first kappa shape index (κ1) is 23.4. The molecule has 0 N–H and O–H groups in total. The third-order valence-electron chi connectivity index (χ3n) is 4.30.